The van der Waals surface area contributed by atoms with E-state index in [4.69, 9.17) is 11.6 Å². The minimum absolute atomic E-state index is 0. The van der Waals surface area contributed by atoms with Gasteiger partial charge in [0.2, 0.25) is 0 Å². The van der Waals surface area contributed by atoms with Crippen molar-refractivity contribution < 1.29 is 4.79 Å². The van der Waals surface area contributed by atoms with E-state index in [0.29, 0.717) is 16.3 Å². The molecular weight excluding hydrogens is 396 g/mol. The number of ketones is 1. The number of halogens is 2. The number of aromatic amines is 1. The monoisotopic (exact) mass is 410 g/mol. The summed E-state index contributed by atoms with van der Waals surface area (Å²) in [7, 11) is 0. The van der Waals surface area contributed by atoms with Crippen molar-refractivity contribution in [1.82, 2.24) is 9.97 Å². The van der Waals surface area contributed by atoms with Crippen molar-refractivity contribution in [3.63, 3.8) is 0 Å². The first-order chi connectivity index (χ1) is 10.5. The van der Waals surface area contributed by atoms with Gasteiger partial charge in [-0.3, -0.25) is 4.79 Å². The molecule has 3 nitrogen and oxygen atoms in total. The first-order valence-corrected chi connectivity index (χ1v) is 8.28. The number of benzene rings is 2. The van der Waals surface area contributed by atoms with Gasteiger partial charge < -0.3 is 4.98 Å². The van der Waals surface area contributed by atoms with Gasteiger partial charge in [-0.1, -0.05) is 23.4 Å². The molecular formula is C17H16BrClN2OS. The van der Waals surface area contributed by atoms with Crippen LogP contribution < -0.4 is 0 Å². The average molecular weight is 412 g/mol. The quantitative estimate of drug-likeness (QED) is 0.463. The van der Waals surface area contributed by atoms with E-state index in [9.17, 15) is 4.79 Å². The minimum Gasteiger partial charge on any atom is -0.333 e. The molecule has 6 heteroatoms. The fraction of sp³-hybridized carbons (Fsp3) is 0.176. The molecule has 3 rings (SSSR count). The van der Waals surface area contributed by atoms with E-state index in [2.05, 4.69) is 35.9 Å². The first-order valence-electron chi connectivity index (χ1n) is 6.91. The van der Waals surface area contributed by atoms with Gasteiger partial charge in [-0.2, -0.15) is 0 Å². The number of H-pyrrole nitrogens is 1. The summed E-state index contributed by atoms with van der Waals surface area (Å²) in [5.41, 5.74) is 5.05. The molecule has 1 aromatic heterocycles. The molecule has 1 heterocycles. The molecule has 0 fully saturated rings. The highest BCUT2D eigenvalue weighted by molar-refractivity contribution is 8.93. The Kier molecular flexibility index (Phi) is 5.89. The summed E-state index contributed by atoms with van der Waals surface area (Å²) in [4.78, 5) is 19.9. The first kappa shape index (κ1) is 18.0. The van der Waals surface area contributed by atoms with Gasteiger partial charge in [0.1, 0.15) is 0 Å². The zero-order chi connectivity index (χ0) is 15.7. The molecule has 0 aliphatic rings. The number of carbonyl (C=O) groups excluding carboxylic acids is 1. The van der Waals surface area contributed by atoms with Crippen molar-refractivity contribution in [2.24, 2.45) is 0 Å². The van der Waals surface area contributed by atoms with Crippen LogP contribution in [-0.2, 0) is 0 Å². The Morgan fingerprint density at radius 3 is 2.52 bits per heavy atom. The van der Waals surface area contributed by atoms with Gasteiger partial charge in [-0.15, -0.1) is 17.0 Å². The lowest BCUT2D eigenvalue weighted by atomic mass is 10.1. The van der Waals surface area contributed by atoms with Gasteiger partial charge in [0, 0.05) is 10.6 Å². The second-order valence-corrected chi connectivity index (χ2v) is 6.61. The summed E-state index contributed by atoms with van der Waals surface area (Å²) in [5.74, 6) is 0.411. The molecule has 0 aliphatic carbocycles. The van der Waals surface area contributed by atoms with Crippen LogP contribution in [0, 0.1) is 13.8 Å². The van der Waals surface area contributed by atoms with Crippen molar-refractivity contribution in [1.29, 1.82) is 0 Å². The summed E-state index contributed by atoms with van der Waals surface area (Å²) in [5, 5.41) is 1.40. The van der Waals surface area contributed by atoms with E-state index in [1.54, 1.807) is 24.3 Å². The molecule has 0 aliphatic heterocycles. The molecule has 0 atom stereocenters. The van der Waals surface area contributed by atoms with Crippen molar-refractivity contribution in [2.75, 3.05) is 5.75 Å². The van der Waals surface area contributed by atoms with Crippen molar-refractivity contribution in [3.05, 3.63) is 58.1 Å². The maximum absolute atomic E-state index is 12.1. The van der Waals surface area contributed by atoms with Crippen molar-refractivity contribution in [2.45, 2.75) is 19.0 Å². The number of nitrogens with zero attached hydrogens (tertiary/aromatic N) is 1. The van der Waals surface area contributed by atoms with Crippen LogP contribution in [0.5, 0.6) is 0 Å². The smallest absolute Gasteiger partial charge is 0.173 e. The second kappa shape index (κ2) is 7.51. The number of rotatable bonds is 4. The fourth-order valence-electron chi connectivity index (χ4n) is 2.17. The predicted molar refractivity (Wildman–Crippen MR) is 102 cm³/mol. The molecule has 0 bridgehead atoms. The van der Waals surface area contributed by atoms with Crippen LogP contribution in [0.2, 0.25) is 5.02 Å². The highest BCUT2D eigenvalue weighted by Gasteiger charge is 2.10. The maximum atomic E-state index is 12.1. The Morgan fingerprint density at radius 1 is 1.17 bits per heavy atom. The largest absolute Gasteiger partial charge is 0.333 e. The number of hydrogen-bond acceptors (Lipinski definition) is 3. The van der Waals surface area contributed by atoms with Crippen LogP contribution in [0.3, 0.4) is 0 Å². The Hall–Kier alpha value is -1.30. The highest BCUT2D eigenvalue weighted by Crippen LogP contribution is 2.23. The van der Waals surface area contributed by atoms with E-state index in [-0.39, 0.29) is 22.8 Å². The summed E-state index contributed by atoms with van der Waals surface area (Å²) in [6, 6.07) is 11.1. The molecule has 0 radical (unpaired) electrons. The Labute approximate surface area is 154 Å². The number of thioether (sulfide) groups is 1. The van der Waals surface area contributed by atoms with E-state index >= 15 is 0 Å². The minimum atomic E-state index is 0. The van der Waals surface area contributed by atoms with Crippen molar-refractivity contribution >= 4 is 57.2 Å². The van der Waals surface area contributed by atoms with Crippen LogP contribution in [0.15, 0.2) is 41.6 Å². The molecule has 3 aromatic rings. The molecule has 0 unspecified atom stereocenters. The summed E-state index contributed by atoms with van der Waals surface area (Å²) >= 11 is 7.24. The molecule has 2 aromatic carbocycles. The topological polar surface area (TPSA) is 45.8 Å². The molecule has 0 amide bonds. The maximum Gasteiger partial charge on any atom is 0.173 e. The number of hydrogen-bond donors (Lipinski definition) is 1. The Morgan fingerprint density at radius 2 is 1.83 bits per heavy atom. The number of aryl methyl sites for hydroxylation is 2. The third-order valence-electron chi connectivity index (χ3n) is 3.58. The van der Waals surface area contributed by atoms with Crippen LogP contribution in [0.1, 0.15) is 21.5 Å². The van der Waals surface area contributed by atoms with Crippen LogP contribution in [0.4, 0.5) is 0 Å². The van der Waals surface area contributed by atoms with Gasteiger partial charge in [0.15, 0.2) is 10.9 Å². The second-order valence-electron chi connectivity index (χ2n) is 5.21. The van der Waals surface area contributed by atoms with Crippen LogP contribution in [0.25, 0.3) is 11.0 Å². The summed E-state index contributed by atoms with van der Waals surface area (Å²) < 4.78 is 0. The normalized spacial score (nSPS) is 10.6. The SMILES string of the molecule is Br.Cc1cc2nc(SCC(=O)c3ccc(Cl)cc3)[nH]c2cc1C. The van der Waals surface area contributed by atoms with Crippen LogP contribution >= 0.6 is 40.3 Å². The number of fused-ring (bicyclic) bond motifs is 1. The molecule has 0 saturated carbocycles. The van der Waals surface area contributed by atoms with Gasteiger partial charge in [0.25, 0.3) is 0 Å². The number of aromatic nitrogens is 2. The fourth-order valence-corrected chi connectivity index (χ4v) is 3.07. The Balaban J connectivity index is 0.00000192. The molecule has 23 heavy (non-hydrogen) atoms. The van der Waals surface area contributed by atoms with E-state index in [0.717, 1.165) is 16.2 Å². The number of carbonyl (C=O) groups is 1. The van der Waals surface area contributed by atoms with Gasteiger partial charge in [0.05, 0.1) is 16.8 Å². The lowest BCUT2D eigenvalue weighted by Gasteiger charge is -1.99. The van der Waals surface area contributed by atoms with Crippen LogP contribution in [-0.4, -0.2) is 21.5 Å². The lowest BCUT2D eigenvalue weighted by Crippen LogP contribution is -2.02. The summed E-state index contributed by atoms with van der Waals surface area (Å²) in [6.45, 7) is 4.15. The number of nitrogens with one attached hydrogen (secondary N) is 1. The zero-order valence-electron chi connectivity index (χ0n) is 12.7. The predicted octanol–water partition coefficient (Wildman–Crippen LogP) is 5.39. The van der Waals surface area contributed by atoms with Gasteiger partial charge in [-0.25, -0.2) is 4.98 Å². The van der Waals surface area contributed by atoms with Gasteiger partial charge >= 0.3 is 0 Å². The highest BCUT2D eigenvalue weighted by atomic mass is 79.9. The third kappa shape index (κ3) is 4.16. The number of imidazole rings is 1. The molecule has 0 saturated heterocycles. The van der Waals surface area contributed by atoms with Crippen molar-refractivity contribution in [3.8, 4) is 0 Å². The molecule has 120 valence electrons. The lowest BCUT2D eigenvalue weighted by molar-refractivity contribution is 0.102. The van der Waals surface area contributed by atoms with Gasteiger partial charge in [-0.05, 0) is 61.4 Å². The number of Topliss-reactive ketones (excluding diaryl/α,β-unsaturated/α-hetero) is 1. The third-order valence-corrected chi connectivity index (χ3v) is 4.71. The zero-order valence-corrected chi connectivity index (χ0v) is 16.0. The van der Waals surface area contributed by atoms with E-state index < -0.39 is 0 Å². The summed E-state index contributed by atoms with van der Waals surface area (Å²) in [6.07, 6.45) is 0. The van der Waals surface area contributed by atoms with E-state index in [1.807, 2.05) is 0 Å². The molecule has 0 spiro atoms. The Bertz CT molecular complexity index is 807. The van der Waals surface area contributed by atoms with E-state index in [1.165, 1.54) is 22.9 Å². The standard InChI is InChI=1S/C17H15ClN2OS.BrH/c1-10-7-14-15(8-11(10)2)20-17(19-14)22-9-16(21)12-3-5-13(18)6-4-12;/h3-8H,9H2,1-2H3,(H,19,20);1H. The average Bonchev–Trinajstić information content (AvgIpc) is 2.88. The molecule has 1 N–H and O–H groups in total.